The van der Waals surface area contributed by atoms with Crippen molar-refractivity contribution in [2.75, 3.05) is 20.1 Å². The highest BCUT2D eigenvalue weighted by Crippen LogP contribution is 2.18. The van der Waals surface area contributed by atoms with Crippen molar-refractivity contribution >= 4 is 5.91 Å². The van der Waals surface area contributed by atoms with Gasteiger partial charge in [0, 0.05) is 19.2 Å². The molecule has 0 atom stereocenters. The number of nitrogens with zero attached hydrogens (tertiary/aromatic N) is 1. The Morgan fingerprint density at radius 1 is 1.11 bits per heavy atom. The predicted molar refractivity (Wildman–Crippen MR) is 80.5 cm³/mol. The van der Waals surface area contributed by atoms with Gasteiger partial charge < -0.3 is 10.6 Å². The van der Waals surface area contributed by atoms with E-state index in [2.05, 4.69) is 19.1 Å². The lowest BCUT2D eigenvalue weighted by Crippen LogP contribution is -2.29. The Morgan fingerprint density at radius 3 is 2.21 bits per heavy atom. The average molecular weight is 262 g/mol. The molecule has 1 amide bonds. The van der Waals surface area contributed by atoms with Gasteiger partial charge in [-0.15, -0.1) is 0 Å². The number of amides is 1. The molecule has 0 heterocycles. The molecule has 1 rings (SSSR count). The Kier molecular flexibility index (Phi) is 6.03. The molecule has 106 valence electrons. The summed E-state index contributed by atoms with van der Waals surface area (Å²) >= 11 is 0. The first-order valence-electron chi connectivity index (χ1n) is 7.00. The van der Waals surface area contributed by atoms with Gasteiger partial charge in [-0.25, -0.2) is 0 Å². The highest BCUT2D eigenvalue weighted by Gasteiger charge is 2.16. The molecule has 0 bridgehead atoms. The second-order valence-corrected chi connectivity index (χ2v) is 5.35. The topological polar surface area (TPSA) is 46.3 Å². The molecule has 3 heteroatoms. The quantitative estimate of drug-likeness (QED) is 0.801. The number of rotatable bonds is 6. The lowest BCUT2D eigenvalue weighted by molar-refractivity contribution is 0.0791. The summed E-state index contributed by atoms with van der Waals surface area (Å²) in [7, 11) is 1.88. The lowest BCUT2D eigenvalue weighted by Gasteiger charge is -2.20. The molecule has 0 aliphatic rings. The van der Waals surface area contributed by atoms with Gasteiger partial charge in [-0.1, -0.05) is 24.1 Å². The summed E-state index contributed by atoms with van der Waals surface area (Å²) in [5.41, 5.74) is 9.66. The molecule has 0 spiro atoms. The summed E-state index contributed by atoms with van der Waals surface area (Å²) in [6.45, 7) is 7.61. The zero-order valence-electron chi connectivity index (χ0n) is 12.6. The number of hydrogen-bond acceptors (Lipinski definition) is 2. The number of unbranched alkanes of at least 4 members (excludes halogenated alkanes) is 2. The van der Waals surface area contributed by atoms with Crippen LogP contribution in [0.1, 0.15) is 46.3 Å². The molecular formula is C16H26N2O. The summed E-state index contributed by atoms with van der Waals surface area (Å²) in [4.78, 5) is 14.3. The van der Waals surface area contributed by atoms with E-state index in [4.69, 9.17) is 5.73 Å². The van der Waals surface area contributed by atoms with E-state index < -0.39 is 0 Å². The van der Waals surface area contributed by atoms with Crippen molar-refractivity contribution in [2.45, 2.75) is 40.0 Å². The number of hydrogen-bond donors (Lipinski definition) is 1. The first kappa shape index (κ1) is 15.7. The molecule has 0 fully saturated rings. The molecule has 0 aliphatic heterocycles. The Balaban J connectivity index is 2.72. The third-order valence-corrected chi connectivity index (χ3v) is 3.44. The van der Waals surface area contributed by atoms with Gasteiger partial charge in [-0.2, -0.15) is 0 Å². The van der Waals surface area contributed by atoms with Crippen LogP contribution in [0, 0.1) is 20.8 Å². The highest BCUT2D eigenvalue weighted by molar-refractivity contribution is 5.97. The Labute approximate surface area is 116 Å². The fourth-order valence-corrected chi connectivity index (χ4v) is 2.48. The summed E-state index contributed by atoms with van der Waals surface area (Å²) in [6.07, 6.45) is 3.13. The van der Waals surface area contributed by atoms with Crippen LogP contribution in [-0.4, -0.2) is 30.9 Å². The van der Waals surface area contributed by atoms with Crippen molar-refractivity contribution < 1.29 is 4.79 Å². The zero-order chi connectivity index (χ0) is 14.4. The SMILES string of the molecule is Cc1cc(C)c(C(=O)N(C)CCCCCN)c(C)c1. The number of benzene rings is 1. The molecule has 1 aromatic rings. The van der Waals surface area contributed by atoms with Crippen LogP contribution in [0.5, 0.6) is 0 Å². The van der Waals surface area contributed by atoms with Crippen LogP contribution in [0.4, 0.5) is 0 Å². The van der Waals surface area contributed by atoms with Crippen molar-refractivity contribution in [3.63, 3.8) is 0 Å². The van der Waals surface area contributed by atoms with E-state index in [0.717, 1.165) is 49.0 Å². The Bertz CT molecular complexity index is 417. The molecular weight excluding hydrogens is 236 g/mol. The monoisotopic (exact) mass is 262 g/mol. The van der Waals surface area contributed by atoms with Crippen LogP contribution in [0.15, 0.2) is 12.1 Å². The first-order valence-corrected chi connectivity index (χ1v) is 7.00. The maximum atomic E-state index is 12.5. The van der Waals surface area contributed by atoms with Crippen LogP contribution >= 0.6 is 0 Å². The fourth-order valence-electron chi connectivity index (χ4n) is 2.48. The van der Waals surface area contributed by atoms with E-state index in [0.29, 0.717) is 0 Å². The molecule has 19 heavy (non-hydrogen) atoms. The van der Waals surface area contributed by atoms with E-state index in [1.54, 1.807) is 0 Å². The second kappa shape index (κ2) is 7.29. The Morgan fingerprint density at radius 2 is 1.68 bits per heavy atom. The predicted octanol–water partition coefficient (Wildman–Crippen LogP) is 2.81. The van der Waals surface area contributed by atoms with E-state index in [9.17, 15) is 4.79 Å². The van der Waals surface area contributed by atoms with Gasteiger partial charge in [-0.3, -0.25) is 4.79 Å². The molecule has 0 aromatic heterocycles. The van der Waals surface area contributed by atoms with E-state index in [1.807, 2.05) is 25.8 Å². The molecule has 0 saturated heterocycles. The van der Waals surface area contributed by atoms with Crippen LogP contribution < -0.4 is 5.73 Å². The lowest BCUT2D eigenvalue weighted by atomic mass is 9.99. The van der Waals surface area contributed by atoms with E-state index in [1.165, 1.54) is 5.56 Å². The van der Waals surface area contributed by atoms with Gasteiger partial charge in [-0.05, 0) is 51.3 Å². The number of nitrogens with two attached hydrogens (primary N) is 1. The smallest absolute Gasteiger partial charge is 0.254 e. The summed E-state index contributed by atoms with van der Waals surface area (Å²) in [5.74, 6) is 0.128. The number of carbonyl (C=O) groups excluding carboxylic acids is 1. The normalized spacial score (nSPS) is 10.6. The molecule has 0 saturated carbocycles. The van der Waals surface area contributed by atoms with Crippen molar-refractivity contribution in [1.29, 1.82) is 0 Å². The van der Waals surface area contributed by atoms with Crippen molar-refractivity contribution in [1.82, 2.24) is 4.90 Å². The maximum Gasteiger partial charge on any atom is 0.254 e. The zero-order valence-corrected chi connectivity index (χ0v) is 12.6. The summed E-state index contributed by atoms with van der Waals surface area (Å²) in [5, 5.41) is 0. The summed E-state index contributed by atoms with van der Waals surface area (Å²) < 4.78 is 0. The minimum atomic E-state index is 0.128. The largest absolute Gasteiger partial charge is 0.342 e. The fraction of sp³-hybridized carbons (Fsp3) is 0.562. The van der Waals surface area contributed by atoms with Gasteiger partial charge in [0.05, 0.1) is 0 Å². The number of carbonyl (C=O) groups is 1. The third kappa shape index (κ3) is 4.35. The minimum absolute atomic E-state index is 0.128. The Hall–Kier alpha value is -1.35. The molecule has 1 aromatic carbocycles. The van der Waals surface area contributed by atoms with E-state index in [-0.39, 0.29) is 5.91 Å². The second-order valence-electron chi connectivity index (χ2n) is 5.35. The third-order valence-electron chi connectivity index (χ3n) is 3.44. The van der Waals surface area contributed by atoms with Crippen molar-refractivity contribution in [3.05, 3.63) is 34.4 Å². The average Bonchev–Trinajstić information content (AvgIpc) is 2.33. The van der Waals surface area contributed by atoms with Crippen LogP contribution in [0.3, 0.4) is 0 Å². The molecule has 0 radical (unpaired) electrons. The van der Waals surface area contributed by atoms with Crippen LogP contribution in [0.25, 0.3) is 0 Å². The number of aryl methyl sites for hydroxylation is 3. The van der Waals surface area contributed by atoms with Crippen LogP contribution in [0.2, 0.25) is 0 Å². The molecule has 0 unspecified atom stereocenters. The summed E-state index contributed by atoms with van der Waals surface area (Å²) in [6, 6.07) is 4.14. The molecule has 2 N–H and O–H groups in total. The van der Waals surface area contributed by atoms with E-state index >= 15 is 0 Å². The standard InChI is InChI=1S/C16H26N2O/c1-12-10-13(2)15(14(3)11-12)16(19)18(4)9-7-5-6-8-17/h10-11H,5-9,17H2,1-4H3. The minimum Gasteiger partial charge on any atom is -0.342 e. The molecule has 0 aliphatic carbocycles. The van der Waals surface area contributed by atoms with Crippen molar-refractivity contribution in [2.24, 2.45) is 5.73 Å². The van der Waals surface area contributed by atoms with Crippen molar-refractivity contribution in [3.8, 4) is 0 Å². The van der Waals surface area contributed by atoms with Gasteiger partial charge in [0.15, 0.2) is 0 Å². The maximum absolute atomic E-state index is 12.5. The first-order chi connectivity index (χ1) is 8.97. The molecule has 3 nitrogen and oxygen atoms in total. The van der Waals surface area contributed by atoms with Gasteiger partial charge in [0.1, 0.15) is 0 Å². The van der Waals surface area contributed by atoms with Gasteiger partial charge in [0.2, 0.25) is 0 Å². The van der Waals surface area contributed by atoms with Gasteiger partial charge in [0.25, 0.3) is 5.91 Å². The highest BCUT2D eigenvalue weighted by atomic mass is 16.2. The van der Waals surface area contributed by atoms with Crippen LogP contribution in [-0.2, 0) is 0 Å². The van der Waals surface area contributed by atoms with Gasteiger partial charge >= 0.3 is 0 Å².